The van der Waals surface area contributed by atoms with Crippen LogP contribution in [0.25, 0.3) is 11.0 Å². The third kappa shape index (κ3) is 1.48. The molecule has 5 heteroatoms. The molecule has 0 saturated carbocycles. The lowest BCUT2D eigenvalue weighted by Gasteiger charge is -2.04. The number of fused-ring (bicyclic) bond motifs is 1. The summed E-state index contributed by atoms with van der Waals surface area (Å²) in [6, 6.07) is 5.64. The van der Waals surface area contributed by atoms with Crippen molar-refractivity contribution in [2.24, 2.45) is 0 Å². The van der Waals surface area contributed by atoms with E-state index in [1.165, 1.54) is 0 Å². The Morgan fingerprint density at radius 2 is 1.88 bits per heavy atom. The molecular weight excluding hydrogens is 202 g/mol. The minimum Gasteiger partial charge on any atom is -0.346 e. The van der Waals surface area contributed by atoms with Crippen LogP contribution in [0.15, 0.2) is 43.0 Å². The largest absolute Gasteiger partial charge is 0.346 e. The Balaban J connectivity index is 2.04. The quantitative estimate of drug-likeness (QED) is 0.681. The normalized spacial score (nSPS) is 10.5. The van der Waals surface area contributed by atoms with Crippen LogP contribution >= 0.6 is 0 Å². The van der Waals surface area contributed by atoms with Gasteiger partial charge >= 0.3 is 0 Å². The first-order valence-corrected chi connectivity index (χ1v) is 4.89. The third-order valence-corrected chi connectivity index (χ3v) is 2.27. The summed E-state index contributed by atoms with van der Waals surface area (Å²) in [6.45, 7) is 0. The number of pyridine rings is 1. The van der Waals surface area contributed by atoms with Gasteiger partial charge in [0.2, 0.25) is 5.95 Å². The molecule has 0 radical (unpaired) electrons. The molecule has 0 bridgehead atoms. The van der Waals surface area contributed by atoms with Crippen molar-refractivity contribution < 1.29 is 0 Å². The second kappa shape index (κ2) is 3.62. The zero-order chi connectivity index (χ0) is 10.8. The van der Waals surface area contributed by atoms with Gasteiger partial charge in [0.15, 0.2) is 0 Å². The zero-order valence-corrected chi connectivity index (χ0v) is 8.38. The highest BCUT2D eigenvalue weighted by molar-refractivity contribution is 5.90. The Hall–Kier alpha value is -2.43. The Morgan fingerprint density at radius 1 is 1.00 bits per heavy atom. The fourth-order valence-corrected chi connectivity index (χ4v) is 1.55. The Kier molecular flexibility index (Phi) is 2.00. The Morgan fingerprint density at radius 3 is 2.75 bits per heavy atom. The molecule has 0 spiro atoms. The highest BCUT2D eigenvalue weighted by atomic mass is 15.1. The van der Waals surface area contributed by atoms with Crippen LogP contribution in [0.3, 0.4) is 0 Å². The van der Waals surface area contributed by atoms with Crippen LogP contribution in [-0.2, 0) is 0 Å². The third-order valence-electron chi connectivity index (χ3n) is 2.27. The number of hydrogen-bond acceptors (Lipinski definition) is 4. The van der Waals surface area contributed by atoms with Crippen molar-refractivity contribution in [2.45, 2.75) is 0 Å². The van der Waals surface area contributed by atoms with Crippen LogP contribution in [0.4, 0.5) is 11.6 Å². The van der Waals surface area contributed by atoms with Crippen molar-refractivity contribution in [1.29, 1.82) is 0 Å². The molecule has 5 nitrogen and oxygen atoms in total. The van der Waals surface area contributed by atoms with Crippen LogP contribution in [-0.4, -0.2) is 19.9 Å². The molecule has 0 aliphatic heterocycles. The maximum atomic E-state index is 4.21. The number of anilines is 2. The van der Waals surface area contributed by atoms with Crippen molar-refractivity contribution in [1.82, 2.24) is 19.9 Å². The molecule has 78 valence electrons. The first-order chi connectivity index (χ1) is 7.93. The number of rotatable bonds is 2. The van der Waals surface area contributed by atoms with E-state index in [2.05, 4.69) is 25.3 Å². The molecule has 0 unspecified atom stereocenters. The molecule has 3 aromatic heterocycles. The summed E-state index contributed by atoms with van der Waals surface area (Å²) in [5.41, 5.74) is 1.79. The van der Waals surface area contributed by atoms with E-state index < -0.39 is 0 Å². The van der Waals surface area contributed by atoms with Gasteiger partial charge in [0.25, 0.3) is 0 Å². The number of aromatic nitrogens is 4. The summed E-state index contributed by atoms with van der Waals surface area (Å²) < 4.78 is 0. The fraction of sp³-hybridized carbons (Fsp3) is 0. The maximum absolute atomic E-state index is 4.21. The van der Waals surface area contributed by atoms with Gasteiger partial charge in [-0.05, 0) is 18.2 Å². The minimum atomic E-state index is 0.580. The lowest BCUT2D eigenvalue weighted by atomic mass is 10.3. The fourth-order valence-electron chi connectivity index (χ4n) is 1.55. The van der Waals surface area contributed by atoms with Crippen LogP contribution in [0.5, 0.6) is 0 Å². The zero-order valence-electron chi connectivity index (χ0n) is 8.38. The van der Waals surface area contributed by atoms with Crippen molar-refractivity contribution in [3.8, 4) is 0 Å². The summed E-state index contributed by atoms with van der Waals surface area (Å²) in [6.07, 6.45) is 6.99. The summed E-state index contributed by atoms with van der Waals surface area (Å²) in [7, 11) is 0. The number of hydrogen-bond donors (Lipinski definition) is 2. The highest BCUT2D eigenvalue weighted by Gasteiger charge is 2.03. The Labute approximate surface area is 91.6 Å². The molecule has 16 heavy (non-hydrogen) atoms. The minimum absolute atomic E-state index is 0.580. The predicted octanol–water partition coefficient (Wildman–Crippen LogP) is 2.10. The lowest BCUT2D eigenvalue weighted by Crippen LogP contribution is -1.96. The van der Waals surface area contributed by atoms with E-state index in [-0.39, 0.29) is 0 Å². The van der Waals surface area contributed by atoms with Gasteiger partial charge in [-0.2, -0.15) is 0 Å². The number of H-pyrrole nitrogens is 1. The van der Waals surface area contributed by atoms with Crippen molar-refractivity contribution in [3.05, 3.63) is 43.0 Å². The van der Waals surface area contributed by atoms with Crippen molar-refractivity contribution >= 4 is 22.7 Å². The van der Waals surface area contributed by atoms with E-state index >= 15 is 0 Å². The van der Waals surface area contributed by atoms with Crippen LogP contribution in [0, 0.1) is 0 Å². The van der Waals surface area contributed by atoms with Gasteiger partial charge in [-0.1, -0.05) is 0 Å². The van der Waals surface area contributed by atoms with E-state index in [1.54, 1.807) is 24.7 Å². The molecule has 2 N–H and O–H groups in total. The molecule has 0 fully saturated rings. The van der Waals surface area contributed by atoms with Crippen LogP contribution in [0.2, 0.25) is 0 Å². The molecule has 3 rings (SSSR count). The van der Waals surface area contributed by atoms with Gasteiger partial charge in [-0.15, -0.1) is 0 Å². The number of aromatic amines is 1. The second-order valence-corrected chi connectivity index (χ2v) is 3.30. The smallest absolute Gasteiger partial charge is 0.227 e. The molecule has 3 heterocycles. The molecule has 3 aromatic rings. The van der Waals surface area contributed by atoms with Crippen molar-refractivity contribution in [3.63, 3.8) is 0 Å². The lowest BCUT2D eigenvalue weighted by molar-refractivity contribution is 1.17. The molecule has 0 aromatic carbocycles. The molecular formula is C11H9N5. The molecule has 0 saturated heterocycles. The molecule has 0 aliphatic carbocycles. The van der Waals surface area contributed by atoms with E-state index in [9.17, 15) is 0 Å². The van der Waals surface area contributed by atoms with E-state index in [4.69, 9.17) is 0 Å². The summed E-state index contributed by atoms with van der Waals surface area (Å²) >= 11 is 0. The van der Waals surface area contributed by atoms with Gasteiger partial charge in [0.1, 0.15) is 5.65 Å². The predicted molar refractivity (Wildman–Crippen MR) is 61.4 cm³/mol. The highest BCUT2D eigenvalue weighted by Crippen LogP contribution is 2.22. The maximum Gasteiger partial charge on any atom is 0.227 e. The van der Waals surface area contributed by atoms with E-state index in [1.807, 2.05) is 18.3 Å². The average molecular weight is 211 g/mol. The van der Waals surface area contributed by atoms with Gasteiger partial charge in [0.05, 0.1) is 5.69 Å². The topological polar surface area (TPSA) is 66.5 Å². The molecule has 0 amide bonds. The van der Waals surface area contributed by atoms with E-state index in [0.29, 0.717) is 5.95 Å². The second-order valence-electron chi connectivity index (χ2n) is 3.30. The van der Waals surface area contributed by atoms with Gasteiger partial charge in [0, 0.05) is 30.2 Å². The van der Waals surface area contributed by atoms with Crippen LogP contribution in [0.1, 0.15) is 0 Å². The summed E-state index contributed by atoms with van der Waals surface area (Å²) in [5.74, 6) is 0.580. The van der Waals surface area contributed by atoms with Gasteiger partial charge in [-0.25, -0.2) is 15.0 Å². The molecule has 0 atom stereocenters. The average Bonchev–Trinajstić information content (AvgIpc) is 2.80. The number of nitrogens with zero attached hydrogens (tertiary/aromatic N) is 3. The van der Waals surface area contributed by atoms with Crippen LogP contribution < -0.4 is 5.32 Å². The van der Waals surface area contributed by atoms with Gasteiger partial charge in [-0.3, -0.25) is 0 Å². The summed E-state index contributed by atoms with van der Waals surface area (Å²) in [5, 5.41) is 4.17. The first kappa shape index (κ1) is 8.84. The first-order valence-electron chi connectivity index (χ1n) is 4.89. The standard InChI is InChI=1S/C11H9N5/c1-4-14-11(15-5-1)16-9-3-7-13-10-8(9)2-6-12-10/h1-7H,(H2,12,13,14,15,16). The summed E-state index contributed by atoms with van der Waals surface area (Å²) in [4.78, 5) is 15.5. The number of nitrogens with one attached hydrogen (secondary N) is 2. The Bertz CT molecular complexity index is 602. The SMILES string of the molecule is c1cnc(Nc2ccnc3[nH]ccc23)nc1. The van der Waals surface area contributed by atoms with E-state index in [0.717, 1.165) is 16.7 Å². The molecule has 0 aliphatic rings. The van der Waals surface area contributed by atoms with Gasteiger partial charge < -0.3 is 10.3 Å². The monoisotopic (exact) mass is 211 g/mol. The van der Waals surface area contributed by atoms with Crippen molar-refractivity contribution in [2.75, 3.05) is 5.32 Å².